The van der Waals surface area contributed by atoms with Gasteiger partial charge < -0.3 is 10.3 Å². The van der Waals surface area contributed by atoms with Crippen molar-refractivity contribution in [1.82, 2.24) is 4.98 Å². The van der Waals surface area contributed by atoms with Gasteiger partial charge in [0.2, 0.25) is 5.78 Å². The van der Waals surface area contributed by atoms with Gasteiger partial charge in [0.15, 0.2) is 5.54 Å². The summed E-state index contributed by atoms with van der Waals surface area (Å²) in [6.07, 6.45) is 1.85. The van der Waals surface area contributed by atoms with Crippen LogP contribution < -0.4 is 5.32 Å². The van der Waals surface area contributed by atoms with Crippen molar-refractivity contribution < 1.29 is 4.79 Å². The van der Waals surface area contributed by atoms with Gasteiger partial charge in [-0.3, -0.25) is 4.79 Å². The second-order valence-electron chi connectivity index (χ2n) is 5.20. The predicted octanol–water partition coefficient (Wildman–Crippen LogP) is 3.57. The topological polar surface area (TPSA) is 44.9 Å². The van der Waals surface area contributed by atoms with Crippen LogP contribution in [0.1, 0.15) is 21.6 Å². The Morgan fingerprint density at radius 1 is 0.810 bits per heavy atom. The average Bonchev–Trinajstić information content (AvgIpc) is 3.16. The molecule has 0 saturated carbocycles. The van der Waals surface area contributed by atoms with Gasteiger partial charge >= 0.3 is 0 Å². The van der Waals surface area contributed by atoms with Crippen molar-refractivity contribution >= 4 is 11.5 Å². The molecular formula is C18H14N2O. The highest BCUT2D eigenvalue weighted by atomic mass is 16.1. The second kappa shape index (κ2) is 4.35. The third-order valence-corrected chi connectivity index (χ3v) is 4.04. The molecule has 3 nitrogen and oxygen atoms in total. The van der Waals surface area contributed by atoms with Crippen LogP contribution in [-0.2, 0) is 5.54 Å². The molecule has 0 radical (unpaired) electrons. The number of aromatic nitrogens is 1. The van der Waals surface area contributed by atoms with Crippen molar-refractivity contribution in [1.29, 1.82) is 0 Å². The number of anilines is 1. The maximum Gasteiger partial charge on any atom is 0.200 e. The van der Waals surface area contributed by atoms with E-state index in [0.29, 0.717) is 0 Å². The zero-order valence-corrected chi connectivity index (χ0v) is 11.3. The van der Waals surface area contributed by atoms with E-state index in [1.807, 2.05) is 72.9 Å². The number of H-pyrrole nitrogens is 1. The highest BCUT2D eigenvalue weighted by Gasteiger charge is 2.48. The van der Waals surface area contributed by atoms with E-state index in [0.717, 1.165) is 22.5 Å². The first-order valence-electron chi connectivity index (χ1n) is 6.94. The van der Waals surface area contributed by atoms with Crippen LogP contribution in [0.2, 0.25) is 0 Å². The molecule has 102 valence electrons. The van der Waals surface area contributed by atoms with Gasteiger partial charge in [-0.05, 0) is 29.8 Å². The fraction of sp³-hybridized carbons (Fsp3) is 0.0556. The maximum absolute atomic E-state index is 13.1. The average molecular weight is 274 g/mol. The van der Waals surface area contributed by atoms with Crippen LogP contribution in [0.3, 0.4) is 0 Å². The fourth-order valence-electron chi connectivity index (χ4n) is 3.05. The largest absolute Gasteiger partial charge is 0.363 e. The zero-order valence-electron chi connectivity index (χ0n) is 11.3. The Morgan fingerprint density at radius 3 is 2.29 bits per heavy atom. The smallest absolute Gasteiger partial charge is 0.200 e. The Hall–Kier alpha value is -2.81. The summed E-state index contributed by atoms with van der Waals surface area (Å²) in [5, 5.41) is 3.44. The fourth-order valence-corrected chi connectivity index (χ4v) is 3.05. The first-order chi connectivity index (χ1) is 10.3. The second-order valence-corrected chi connectivity index (χ2v) is 5.20. The Labute approximate surface area is 122 Å². The lowest BCUT2D eigenvalue weighted by Crippen LogP contribution is -2.40. The number of aromatic amines is 1. The highest BCUT2D eigenvalue weighted by molar-refractivity contribution is 6.15. The lowest BCUT2D eigenvalue weighted by atomic mass is 9.83. The number of carbonyl (C=O) groups excluding carboxylic acids is 1. The molecule has 0 bridgehead atoms. The highest BCUT2D eigenvalue weighted by Crippen LogP contribution is 2.42. The summed E-state index contributed by atoms with van der Waals surface area (Å²) < 4.78 is 0. The minimum Gasteiger partial charge on any atom is -0.363 e. The van der Waals surface area contributed by atoms with Crippen LogP contribution >= 0.6 is 0 Å². The Morgan fingerprint density at radius 2 is 1.57 bits per heavy atom. The Kier molecular flexibility index (Phi) is 2.48. The number of para-hydroxylation sites is 1. The van der Waals surface area contributed by atoms with Gasteiger partial charge in [-0.15, -0.1) is 0 Å². The first-order valence-corrected chi connectivity index (χ1v) is 6.94. The van der Waals surface area contributed by atoms with E-state index in [-0.39, 0.29) is 5.78 Å². The van der Waals surface area contributed by atoms with Crippen LogP contribution in [0, 0.1) is 0 Å². The van der Waals surface area contributed by atoms with Crippen molar-refractivity contribution in [2.45, 2.75) is 5.54 Å². The summed E-state index contributed by atoms with van der Waals surface area (Å²) in [6.45, 7) is 0. The Bertz CT molecular complexity index is 793. The van der Waals surface area contributed by atoms with Gasteiger partial charge in [0.1, 0.15) is 0 Å². The SMILES string of the molecule is O=C1c2ccccc2N[C@]1(c1ccccc1)c1ccc[nH]1. The third kappa shape index (κ3) is 1.57. The maximum atomic E-state index is 13.1. The molecule has 0 fully saturated rings. The number of hydrogen-bond donors (Lipinski definition) is 2. The summed E-state index contributed by atoms with van der Waals surface area (Å²) in [4.78, 5) is 16.3. The molecule has 4 rings (SSSR count). The van der Waals surface area contributed by atoms with Crippen LogP contribution in [0.5, 0.6) is 0 Å². The number of rotatable bonds is 2. The van der Waals surface area contributed by atoms with Gasteiger partial charge in [-0.25, -0.2) is 0 Å². The van der Waals surface area contributed by atoms with Gasteiger partial charge in [-0.2, -0.15) is 0 Å². The first kappa shape index (κ1) is 12.0. The van der Waals surface area contributed by atoms with Crippen molar-refractivity contribution in [3.8, 4) is 0 Å². The molecule has 0 spiro atoms. The van der Waals surface area contributed by atoms with Crippen LogP contribution in [0.15, 0.2) is 72.9 Å². The van der Waals surface area contributed by atoms with Gasteiger partial charge in [0.25, 0.3) is 0 Å². The molecule has 3 aromatic rings. The van der Waals surface area contributed by atoms with Crippen LogP contribution in [0.4, 0.5) is 5.69 Å². The molecule has 3 heteroatoms. The number of carbonyl (C=O) groups is 1. The van der Waals surface area contributed by atoms with Gasteiger partial charge in [0.05, 0.1) is 5.69 Å². The minimum atomic E-state index is -0.867. The summed E-state index contributed by atoms with van der Waals surface area (Å²) in [7, 11) is 0. The number of fused-ring (bicyclic) bond motifs is 1. The van der Waals surface area contributed by atoms with E-state index in [1.165, 1.54) is 0 Å². The van der Waals surface area contributed by atoms with Crippen molar-refractivity contribution in [3.63, 3.8) is 0 Å². The van der Waals surface area contributed by atoms with Gasteiger partial charge in [0, 0.05) is 17.4 Å². The number of nitrogens with one attached hydrogen (secondary N) is 2. The molecule has 2 N–H and O–H groups in total. The molecule has 0 amide bonds. The molecule has 0 saturated heterocycles. The number of benzene rings is 2. The molecular weight excluding hydrogens is 260 g/mol. The molecule has 21 heavy (non-hydrogen) atoms. The van der Waals surface area contributed by atoms with Crippen molar-refractivity contribution in [2.24, 2.45) is 0 Å². The van der Waals surface area contributed by atoms with E-state index in [2.05, 4.69) is 10.3 Å². The predicted molar refractivity (Wildman–Crippen MR) is 82.4 cm³/mol. The third-order valence-electron chi connectivity index (χ3n) is 4.04. The molecule has 2 heterocycles. The van der Waals surface area contributed by atoms with E-state index >= 15 is 0 Å². The number of ketones is 1. The summed E-state index contributed by atoms with van der Waals surface area (Å²) in [5.74, 6) is 0.0757. The number of hydrogen-bond acceptors (Lipinski definition) is 2. The van der Waals surface area contributed by atoms with E-state index in [1.54, 1.807) is 0 Å². The summed E-state index contributed by atoms with van der Waals surface area (Å²) in [5.41, 5.74) is 2.54. The lowest BCUT2D eigenvalue weighted by molar-refractivity contribution is 0.0939. The molecule has 0 unspecified atom stereocenters. The molecule has 2 aromatic carbocycles. The summed E-state index contributed by atoms with van der Waals surface area (Å²) in [6, 6.07) is 21.4. The Balaban J connectivity index is 1.99. The monoisotopic (exact) mass is 274 g/mol. The molecule has 1 aliphatic rings. The molecule has 0 aliphatic carbocycles. The van der Waals surface area contributed by atoms with Gasteiger partial charge in [-0.1, -0.05) is 42.5 Å². The van der Waals surface area contributed by atoms with Crippen LogP contribution in [0.25, 0.3) is 0 Å². The molecule has 1 aromatic heterocycles. The lowest BCUT2D eigenvalue weighted by Gasteiger charge is -2.28. The van der Waals surface area contributed by atoms with E-state index < -0.39 is 5.54 Å². The minimum absolute atomic E-state index is 0.0757. The number of Topliss-reactive ketones (excluding diaryl/α,β-unsaturated/α-hetero) is 1. The van der Waals surface area contributed by atoms with Crippen molar-refractivity contribution in [3.05, 3.63) is 89.7 Å². The molecule has 1 atom stereocenters. The quantitative estimate of drug-likeness (QED) is 0.750. The standard InChI is InChI=1S/C18H14N2O/c21-17-14-9-4-5-10-15(14)20-18(17,16-11-6-12-19-16)13-7-2-1-3-8-13/h1-12,19-20H/t18-/m1/s1. The molecule has 1 aliphatic heterocycles. The van der Waals surface area contributed by atoms with E-state index in [4.69, 9.17) is 0 Å². The zero-order chi connectivity index (χ0) is 14.3. The normalized spacial score (nSPS) is 20.1. The van der Waals surface area contributed by atoms with Crippen molar-refractivity contribution in [2.75, 3.05) is 5.32 Å². The summed E-state index contributed by atoms with van der Waals surface area (Å²) >= 11 is 0. The van der Waals surface area contributed by atoms with E-state index in [9.17, 15) is 4.79 Å². The van der Waals surface area contributed by atoms with Crippen LogP contribution in [-0.4, -0.2) is 10.8 Å².